The molecule has 0 aromatic heterocycles. The van der Waals surface area contributed by atoms with E-state index in [0.717, 1.165) is 29.7 Å². The summed E-state index contributed by atoms with van der Waals surface area (Å²) in [6.07, 6.45) is 4.05. The summed E-state index contributed by atoms with van der Waals surface area (Å²) in [7, 11) is 0. The van der Waals surface area contributed by atoms with Gasteiger partial charge in [0.15, 0.2) is 0 Å². The van der Waals surface area contributed by atoms with Crippen LogP contribution in [0, 0.1) is 0 Å². The third kappa shape index (κ3) is 3.45. The summed E-state index contributed by atoms with van der Waals surface area (Å²) in [5.41, 5.74) is 1.29. The largest absolute Gasteiger partial charge is 0.490 e. The zero-order valence-corrected chi connectivity index (χ0v) is 12.5. The van der Waals surface area contributed by atoms with Crippen LogP contribution in [0.25, 0.3) is 0 Å². The summed E-state index contributed by atoms with van der Waals surface area (Å²) < 4.78 is 5.76. The van der Waals surface area contributed by atoms with E-state index < -0.39 is 5.60 Å². The van der Waals surface area contributed by atoms with E-state index in [9.17, 15) is 5.11 Å². The molecule has 0 aliphatic heterocycles. The van der Waals surface area contributed by atoms with Crippen molar-refractivity contribution in [1.29, 1.82) is 0 Å². The lowest BCUT2D eigenvalue weighted by Crippen LogP contribution is -2.27. The van der Waals surface area contributed by atoms with Crippen molar-refractivity contribution in [2.75, 3.05) is 0 Å². The normalized spacial score (nSPS) is 17.2. The molecule has 2 aromatic carbocycles. The lowest BCUT2D eigenvalue weighted by atomic mass is 9.85. The van der Waals surface area contributed by atoms with E-state index >= 15 is 0 Å². The van der Waals surface area contributed by atoms with Crippen LogP contribution in [-0.2, 0) is 12.0 Å². The molecule has 1 fully saturated rings. The molecule has 2 heteroatoms. The lowest BCUT2D eigenvalue weighted by molar-refractivity contribution is 0.0327. The first kappa shape index (κ1) is 14.2. The predicted octanol–water partition coefficient (Wildman–Crippen LogP) is 4.07. The molecule has 1 aliphatic carbocycles. The van der Waals surface area contributed by atoms with E-state index in [1.165, 1.54) is 0 Å². The molecular formula is C19H22O2. The van der Waals surface area contributed by atoms with Gasteiger partial charge in [0.05, 0.1) is 11.7 Å². The molecule has 2 aromatic rings. The van der Waals surface area contributed by atoms with Crippen LogP contribution in [0.2, 0.25) is 0 Å². The van der Waals surface area contributed by atoms with Gasteiger partial charge >= 0.3 is 0 Å². The van der Waals surface area contributed by atoms with Crippen molar-refractivity contribution in [1.82, 2.24) is 0 Å². The zero-order valence-electron chi connectivity index (χ0n) is 12.5. The number of hydrogen-bond acceptors (Lipinski definition) is 2. The van der Waals surface area contributed by atoms with Crippen molar-refractivity contribution in [3.8, 4) is 5.75 Å². The van der Waals surface area contributed by atoms with Gasteiger partial charge in [0.25, 0.3) is 0 Å². The second kappa shape index (κ2) is 5.90. The first-order valence-electron chi connectivity index (χ1n) is 7.73. The zero-order chi connectivity index (χ0) is 14.7. The Morgan fingerprint density at radius 2 is 1.71 bits per heavy atom. The van der Waals surface area contributed by atoms with Gasteiger partial charge in [0, 0.05) is 6.42 Å². The molecule has 0 amide bonds. The monoisotopic (exact) mass is 282 g/mol. The molecule has 1 atom stereocenters. The first-order chi connectivity index (χ1) is 10.2. The van der Waals surface area contributed by atoms with Gasteiger partial charge in [0.2, 0.25) is 0 Å². The van der Waals surface area contributed by atoms with Crippen LogP contribution in [0.3, 0.4) is 0 Å². The molecule has 1 aliphatic rings. The van der Waals surface area contributed by atoms with Crippen molar-refractivity contribution < 1.29 is 9.84 Å². The summed E-state index contributed by atoms with van der Waals surface area (Å²) in [4.78, 5) is 0. The molecule has 21 heavy (non-hydrogen) atoms. The van der Waals surface area contributed by atoms with Crippen LogP contribution < -0.4 is 4.74 Å². The summed E-state index contributed by atoms with van der Waals surface area (Å²) in [6, 6.07) is 18.1. The molecule has 0 radical (unpaired) electrons. The summed E-state index contributed by atoms with van der Waals surface area (Å²) in [5.74, 6) is 0.902. The highest BCUT2D eigenvalue weighted by molar-refractivity contribution is 5.33. The fourth-order valence-electron chi connectivity index (χ4n) is 2.59. The number of benzene rings is 2. The van der Waals surface area contributed by atoms with Gasteiger partial charge in [-0.3, -0.25) is 0 Å². The van der Waals surface area contributed by atoms with Crippen molar-refractivity contribution in [2.24, 2.45) is 0 Å². The molecule has 0 spiro atoms. The quantitative estimate of drug-likeness (QED) is 0.865. The Hall–Kier alpha value is -1.80. The number of rotatable bonds is 6. The molecule has 0 heterocycles. The van der Waals surface area contributed by atoms with E-state index in [4.69, 9.17) is 4.74 Å². The first-order valence-corrected chi connectivity index (χ1v) is 7.73. The van der Waals surface area contributed by atoms with Crippen LogP contribution in [0.15, 0.2) is 54.6 Å². The molecule has 2 nitrogen and oxygen atoms in total. The average Bonchev–Trinajstić information content (AvgIpc) is 3.33. The molecule has 110 valence electrons. The highest BCUT2D eigenvalue weighted by atomic mass is 16.5. The minimum atomic E-state index is -0.820. The Kier molecular flexibility index (Phi) is 3.98. The molecule has 3 rings (SSSR count). The Morgan fingerprint density at radius 3 is 2.29 bits per heavy atom. The molecule has 1 N–H and O–H groups in total. The van der Waals surface area contributed by atoms with Gasteiger partial charge in [-0.05, 0) is 42.5 Å². The van der Waals surface area contributed by atoms with Gasteiger partial charge in [-0.25, -0.2) is 0 Å². The average molecular weight is 282 g/mol. The van der Waals surface area contributed by atoms with Crippen molar-refractivity contribution in [3.63, 3.8) is 0 Å². The number of aliphatic hydroxyl groups is 1. The Labute approximate surface area is 126 Å². The fourth-order valence-corrected chi connectivity index (χ4v) is 2.59. The van der Waals surface area contributed by atoms with Gasteiger partial charge in [-0.1, -0.05) is 49.4 Å². The van der Waals surface area contributed by atoms with Crippen LogP contribution in [0.5, 0.6) is 5.75 Å². The fraction of sp³-hybridized carbons (Fsp3) is 0.368. The standard InChI is InChI=1S/C19H22O2/c1-2-19(20,14-15-6-4-3-5-7-15)16-8-10-17(11-9-16)21-18-12-13-18/h3-11,18,20H,2,12-14H2,1H3. The minimum Gasteiger partial charge on any atom is -0.490 e. The van der Waals surface area contributed by atoms with Crippen LogP contribution in [0.4, 0.5) is 0 Å². The second-order valence-corrected chi connectivity index (χ2v) is 5.89. The third-order valence-electron chi connectivity index (χ3n) is 4.14. The van der Waals surface area contributed by atoms with Crippen LogP contribution in [-0.4, -0.2) is 11.2 Å². The Morgan fingerprint density at radius 1 is 1.05 bits per heavy atom. The van der Waals surface area contributed by atoms with E-state index in [1.807, 2.05) is 49.4 Å². The Balaban J connectivity index is 1.77. The highest BCUT2D eigenvalue weighted by Gasteiger charge is 2.28. The molecule has 1 saturated carbocycles. The second-order valence-electron chi connectivity index (χ2n) is 5.89. The summed E-state index contributed by atoms with van der Waals surface area (Å²) >= 11 is 0. The van der Waals surface area contributed by atoms with E-state index in [2.05, 4.69) is 12.1 Å². The summed E-state index contributed by atoms with van der Waals surface area (Å²) in [5, 5.41) is 11.0. The van der Waals surface area contributed by atoms with Gasteiger partial charge in [-0.15, -0.1) is 0 Å². The predicted molar refractivity (Wildman–Crippen MR) is 84.4 cm³/mol. The topological polar surface area (TPSA) is 29.5 Å². The van der Waals surface area contributed by atoms with Gasteiger partial charge in [-0.2, -0.15) is 0 Å². The maximum absolute atomic E-state index is 11.0. The minimum absolute atomic E-state index is 0.408. The van der Waals surface area contributed by atoms with Crippen molar-refractivity contribution in [2.45, 2.75) is 44.3 Å². The number of ether oxygens (including phenoxy) is 1. The maximum Gasteiger partial charge on any atom is 0.119 e. The van der Waals surface area contributed by atoms with Crippen molar-refractivity contribution in [3.05, 3.63) is 65.7 Å². The third-order valence-corrected chi connectivity index (χ3v) is 4.14. The molecule has 0 bridgehead atoms. The van der Waals surface area contributed by atoms with Gasteiger partial charge in [0.1, 0.15) is 5.75 Å². The molecule has 1 unspecified atom stereocenters. The lowest BCUT2D eigenvalue weighted by Gasteiger charge is -2.28. The van der Waals surface area contributed by atoms with Gasteiger partial charge < -0.3 is 9.84 Å². The smallest absolute Gasteiger partial charge is 0.119 e. The highest BCUT2D eigenvalue weighted by Crippen LogP contribution is 2.32. The van der Waals surface area contributed by atoms with Crippen LogP contribution >= 0.6 is 0 Å². The van der Waals surface area contributed by atoms with E-state index in [0.29, 0.717) is 18.9 Å². The van der Waals surface area contributed by atoms with Crippen molar-refractivity contribution >= 4 is 0 Å². The molecular weight excluding hydrogens is 260 g/mol. The van der Waals surface area contributed by atoms with E-state index in [-0.39, 0.29) is 0 Å². The van der Waals surface area contributed by atoms with E-state index in [1.54, 1.807) is 0 Å². The maximum atomic E-state index is 11.0. The Bertz CT molecular complexity index is 572. The SMILES string of the molecule is CCC(O)(Cc1ccccc1)c1ccc(OC2CC2)cc1. The summed E-state index contributed by atoms with van der Waals surface area (Å²) in [6.45, 7) is 2.03. The number of hydrogen-bond donors (Lipinski definition) is 1. The van der Waals surface area contributed by atoms with Crippen LogP contribution in [0.1, 0.15) is 37.3 Å². The molecule has 0 saturated heterocycles.